The lowest BCUT2D eigenvalue weighted by molar-refractivity contribution is 0.00696. The molecule has 3 rings (SSSR count). The van der Waals surface area contributed by atoms with Gasteiger partial charge in [-0.15, -0.1) is 0 Å². The van der Waals surface area contributed by atoms with Gasteiger partial charge in [-0.1, -0.05) is 24.3 Å². The molecule has 0 atom stereocenters. The summed E-state index contributed by atoms with van der Waals surface area (Å²) in [6.07, 6.45) is 1.83. The van der Waals surface area contributed by atoms with Crippen molar-refractivity contribution in [1.82, 2.24) is 4.57 Å². The molecule has 0 aliphatic carbocycles. The number of aromatic nitrogens is 1. The van der Waals surface area contributed by atoms with E-state index in [1.54, 1.807) is 24.3 Å². The lowest BCUT2D eigenvalue weighted by Crippen LogP contribution is -2.23. The SMILES string of the molecule is Cn1cc(-c2ccc(C(=O)OC(C)(C)C)cc2)c(=O)c2ccccc21. The maximum Gasteiger partial charge on any atom is 0.338 e. The van der Waals surface area contributed by atoms with Crippen molar-refractivity contribution in [1.29, 1.82) is 0 Å². The minimum Gasteiger partial charge on any atom is -0.456 e. The molecule has 0 aliphatic rings. The average molecular weight is 335 g/mol. The van der Waals surface area contributed by atoms with Crippen LogP contribution >= 0.6 is 0 Å². The zero-order chi connectivity index (χ0) is 18.2. The summed E-state index contributed by atoms with van der Waals surface area (Å²) in [5, 5.41) is 0.679. The topological polar surface area (TPSA) is 48.3 Å². The van der Waals surface area contributed by atoms with Crippen LogP contribution in [0.3, 0.4) is 0 Å². The number of nitrogens with zero attached hydrogens (tertiary/aromatic N) is 1. The molecular formula is C21H21NO3. The molecule has 0 unspecified atom stereocenters. The second-order valence-corrected chi connectivity index (χ2v) is 7.08. The second kappa shape index (κ2) is 6.20. The number of rotatable bonds is 2. The van der Waals surface area contributed by atoms with Gasteiger partial charge in [-0.2, -0.15) is 0 Å². The van der Waals surface area contributed by atoms with E-state index in [2.05, 4.69) is 0 Å². The molecular weight excluding hydrogens is 314 g/mol. The minimum absolute atomic E-state index is 0.0151. The molecule has 25 heavy (non-hydrogen) atoms. The van der Waals surface area contributed by atoms with Crippen LogP contribution in [0.4, 0.5) is 0 Å². The van der Waals surface area contributed by atoms with E-state index in [9.17, 15) is 9.59 Å². The Kier molecular flexibility index (Phi) is 4.21. The third kappa shape index (κ3) is 3.48. The molecule has 1 heterocycles. The first-order chi connectivity index (χ1) is 11.8. The van der Waals surface area contributed by atoms with Crippen LogP contribution in [0, 0.1) is 0 Å². The van der Waals surface area contributed by atoms with Crippen molar-refractivity contribution in [3.05, 3.63) is 70.5 Å². The number of aryl methyl sites for hydroxylation is 1. The number of para-hydroxylation sites is 1. The van der Waals surface area contributed by atoms with Gasteiger partial charge in [0.15, 0.2) is 5.43 Å². The van der Waals surface area contributed by atoms with E-state index in [4.69, 9.17) is 4.74 Å². The van der Waals surface area contributed by atoms with Crippen molar-refractivity contribution < 1.29 is 9.53 Å². The standard InChI is InChI=1S/C21H21NO3/c1-21(2,3)25-20(24)15-11-9-14(10-12-15)17-13-22(4)18-8-6-5-7-16(18)19(17)23/h5-13H,1-4H3. The van der Waals surface area contributed by atoms with E-state index in [1.807, 2.05) is 62.8 Å². The Morgan fingerprint density at radius 3 is 2.28 bits per heavy atom. The Morgan fingerprint density at radius 1 is 1.00 bits per heavy atom. The van der Waals surface area contributed by atoms with Gasteiger partial charge in [-0.25, -0.2) is 4.79 Å². The van der Waals surface area contributed by atoms with Crippen molar-refractivity contribution in [2.45, 2.75) is 26.4 Å². The summed E-state index contributed by atoms with van der Waals surface area (Å²) < 4.78 is 7.30. The first-order valence-corrected chi connectivity index (χ1v) is 8.18. The predicted molar refractivity (Wildman–Crippen MR) is 99.8 cm³/mol. The van der Waals surface area contributed by atoms with Crippen molar-refractivity contribution in [2.75, 3.05) is 0 Å². The number of carbonyl (C=O) groups is 1. The minimum atomic E-state index is -0.538. The van der Waals surface area contributed by atoms with Gasteiger partial charge in [0.2, 0.25) is 0 Å². The van der Waals surface area contributed by atoms with Gasteiger partial charge >= 0.3 is 5.97 Å². The quantitative estimate of drug-likeness (QED) is 0.661. The zero-order valence-corrected chi connectivity index (χ0v) is 14.9. The largest absolute Gasteiger partial charge is 0.456 e. The molecule has 0 bridgehead atoms. The summed E-state index contributed by atoms with van der Waals surface area (Å²) in [4.78, 5) is 24.9. The first-order valence-electron chi connectivity index (χ1n) is 8.18. The van der Waals surface area contributed by atoms with Crippen LogP contribution < -0.4 is 5.43 Å². The molecule has 0 aliphatic heterocycles. The summed E-state index contributed by atoms with van der Waals surface area (Å²) in [7, 11) is 1.92. The van der Waals surface area contributed by atoms with E-state index in [-0.39, 0.29) is 11.4 Å². The van der Waals surface area contributed by atoms with Crippen LogP contribution in [-0.2, 0) is 11.8 Å². The van der Waals surface area contributed by atoms with Crippen LogP contribution in [-0.4, -0.2) is 16.1 Å². The number of esters is 1. The smallest absolute Gasteiger partial charge is 0.338 e. The highest BCUT2D eigenvalue weighted by Gasteiger charge is 2.18. The maximum absolute atomic E-state index is 12.8. The van der Waals surface area contributed by atoms with E-state index in [0.717, 1.165) is 11.1 Å². The van der Waals surface area contributed by atoms with Gasteiger partial charge < -0.3 is 9.30 Å². The Labute approximate surface area is 146 Å². The monoisotopic (exact) mass is 335 g/mol. The molecule has 3 aromatic rings. The molecule has 0 spiro atoms. The van der Waals surface area contributed by atoms with Gasteiger partial charge in [0, 0.05) is 24.2 Å². The molecule has 0 amide bonds. The average Bonchev–Trinajstić information content (AvgIpc) is 2.57. The van der Waals surface area contributed by atoms with Crippen LogP contribution in [0.1, 0.15) is 31.1 Å². The summed E-state index contributed by atoms with van der Waals surface area (Å²) >= 11 is 0. The summed E-state index contributed by atoms with van der Waals surface area (Å²) in [5.41, 5.74) is 2.19. The zero-order valence-electron chi connectivity index (χ0n) is 14.9. The van der Waals surface area contributed by atoms with Gasteiger partial charge in [0.05, 0.1) is 11.1 Å². The molecule has 128 valence electrons. The molecule has 0 saturated carbocycles. The third-order valence-corrected chi connectivity index (χ3v) is 3.93. The van der Waals surface area contributed by atoms with Gasteiger partial charge in [-0.3, -0.25) is 4.79 Å². The van der Waals surface area contributed by atoms with Crippen molar-refractivity contribution in [2.24, 2.45) is 7.05 Å². The highest BCUT2D eigenvalue weighted by atomic mass is 16.6. The molecule has 0 N–H and O–H groups in total. The molecule has 0 fully saturated rings. The molecule has 0 saturated heterocycles. The Balaban J connectivity index is 2.01. The molecule has 4 heteroatoms. The first kappa shape index (κ1) is 17.0. The van der Waals surface area contributed by atoms with Crippen molar-refractivity contribution >= 4 is 16.9 Å². The number of hydrogen-bond acceptors (Lipinski definition) is 3. The lowest BCUT2D eigenvalue weighted by Gasteiger charge is -2.19. The fourth-order valence-electron chi connectivity index (χ4n) is 2.77. The summed E-state index contributed by atoms with van der Waals surface area (Å²) in [6.45, 7) is 5.49. The normalized spacial score (nSPS) is 11.5. The number of carbonyl (C=O) groups excluding carboxylic acids is 1. The highest BCUT2D eigenvalue weighted by Crippen LogP contribution is 2.21. The van der Waals surface area contributed by atoms with Crippen molar-refractivity contribution in [3.63, 3.8) is 0 Å². The van der Waals surface area contributed by atoms with Gasteiger partial charge in [0.25, 0.3) is 0 Å². The van der Waals surface area contributed by atoms with Gasteiger partial charge in [0.1, 0.15) is 5.60 Å². The van der Waals surface area contributed by atoms with E-state index < -0.39 is 5.60 Å². The van der Waals surface area contributed by atoms with Crippen LogP contribution in [0.5, 0.6) is 0 Å². The number of hydrogen-bond donors (Lipinski definition) is 0. The Bertz CT molecular complexity index is 992. The van der Waals surface area contributed by atoms with Crippen molar-refractivity contribution in [3.8, 4) is 11.1 Å². The van der Waals surface area contributed by atoms with Crippen LogP contribution in [0.2, 0.25) is 0 Å². The van der Waals surface area contributed by atoms with E-state index in [1.165, 1.54) is 0 Å². The predicted octanol–water partition coefficient (Wildman–Crippen LogP) is 4.16. The number of benzene rings is 2. The Hall–Kier alpha value is -2.88. The summed E-state index contributed by atoms with van der Waals surface area (Å²) in [6, 6.07) is 14.5. The second-order valence-electron chi connectivity index (χ2n) is 7.08. The van der Waals surface area contributed by atoms with Gasteiger partial charge in [-0.05, 0) is 50.6 Å². The third-order valence-electron chi connectivity index (χ3n) is 3.93. The molecule has 1 aromatic heterocycles. The molecule has 2 aromatic carbocycles. The number of fused-ring (bicyclic) bond motifs is 1. The number of ether oxygens (including phenoxy) is 1. The fraction of sp³-hybridized carbons (Fsp3) is 0.238. The van der Waals surface area contributed by atoms with Crippen LogP contribution in [0.25, 0.3) is 22.0 Å². The number of pyridine rings is 1. The maximum atomic E-state index is 12.8. The Morgan fingerprint density at radius 2 is 1.64 bits per heavy atom. The van der Waals surface area contributed by atoms with E-state index in [0.29, 0.717) is 16.5 Å². The fourth-order valence-corrected chi connectivity index (χ4v) is 2.77. The highest BCUT2D eigenvalue weighted by molar-refractivity contribution is 5.90. The van der Waals surface area contributed by atoms with E-state index >= 15 is 0 Å². The van der Waals surface area contributed by atoms with Crippen LogP contribution in [0.15, 0.2) is 59.5 Å². The molecule has 4 nitrogen and oxygen atoms in total. The summed E-state index contributed by atoms with van der Waals surface area (Å²) in [5.74, 6) is -0.370. The molecule has 0 radical (unpaired) electrons. The lowest BCUT2D eigenvalue weighted by atomic mass is 10.0.